The summed E-state index contributed by atoms with van der Waals surface area (Å²) in [5.41, 5.74) is 1.72. The van der Waals surface area contributed by atoms with Crippen molar-refractivity contribution in [2.24, 2.45) is 0 Å². The summed E-state index contributed by atoms with van der Waals surface area (Å²) in [6.45, 7) is 0.0711. The topological polar surface area (TPSA) is 62.3 Å². The van der Waals surface area contributed by atoms with Gasteiger partial charge in [0, 0.05) is 16.0 Å². The molecule has 3 rings (SSSR count). The van der Waals surface area contributed by atoms with Gasteiger partial charge in [0.05, 0.1) is 17.3 Å². The van der Waals surface area contributed by atoms with Crippen molar-refractivity contribution in [3.63, 3.8) is 0 Å². The Kier molecular flexibility index (Phi) is 4.66. The van der Waals surface area contributed by atoms with Gasteiger partial charge in [-0.2, -0.15) is 0 Å². The van der Waals surface area contributed by atoms with Gasteiger partial charge in [-0.3, -0.25) is 9.59 Å². The molecular weight excluding hydrogens is 342 g/mol. The molecule has 2 heterocycles. The number of nitrogens with one attached hydrogen (secondary N) is 1. The number of anilines is 1. The van der Waals surface area contributed by atoms with Gasteiger partial charge in [0.2, 0.25) is 11.8 Å². The number of carbonyl (C=O) groups is 2. The van der Waals surface area contributed by atoms with Crippen molar-refractivity contribution in [2.75, 3.05) is 23.5 Å². The molecule has 0 unspecified atom stereocenters. The Labute approximate surface area is 140 Å². The summed E-state index contributed by atoms with van der Waals surface area (Å²) in [6, 6.07) is 7.35. The first-order valence-electron chi connectivity index (χ1n) is 6.48. The number of thioether (sulfide) groups is 1. The van der Waals surface area contributed by atoms with Crippen molar-refractivity contribution in [2.45, 2.75) is 0 Å². The molecule has 1 aliphatic rings. The van der Waals surface area contributed by atoms with E-state index in [1.165, 1.54) is 28.0 Å². The number of halogens is 1. The van der Waals surface area contributed by atoms with E-state index in [9.17, 15) is 9.59 Å². The Balaban J connectivity index is 1.62. The standard InChI is InChI=1S/C14H12ClN3O2S2/c15-10-3-1-9(2-4-10)11-6-22-14(16-11)17-12(19)5-18-8-21-7-13(18)20/h1-4,6H,5,7-8H2,(H,16,17,19). The summed E-state index contributed by atoms with van der Waals surface area (Å²) in [5, 5.41) is 5.79. The van der Waals surface area contributed by atoms with Gasteiger partial charge in [0.1, 0.15) is 6.54 Å². The fraction of sp³-hybridized carbons (Fsp3) is 0.214. The third kappa shape index (κ3) is 3.60. The van der Waals surface area contributed by atoms with Crippen molar-refractivity contribution in [1.82, 2.24) is 9.88 Å². The number of thiazole rings is 1. The van der Waals surface area contributed by atoms with Gasteiger partial charge < -0.3 is 10.2 Å². The van der Waals surface area contributed by atoms with Gasteiger partial charge in [-0.15, -0.1) is 23.1 Å². The first-order valence-corrected chi connectivity index (χ1v) is 8.90. The van der Waals surface area contributed by atoms with Crippen LogP contribution in [0.4, 0.5) is 5.13 Å². The maximum Gasteiger partial charge on any atom is 0.245 e. The van der Waals surface area contributed by atoms with Gasteiger partial charge >= 0.3 is 0 Å². The highest BCUT2D eigenvalue weighted by atomic mass is 35.5. The van der Waals surface area contributed by atoms with Crippen LogP contribution in [0.1, 0.15) is 0 Å². The smallest absolute Gasteiger partial charge is 0.245 e. The van der Waals surface area contributed by atoms with Crippen LogP contribution in [0, 0.1) is 0 Å². The SMILES string of the molecule is O=C(CN1CSCC1=O)Nc1nc(-c2ccc(Cl)cc2)cs1. The van der Waals surface area contributed by atoms with Crippen molar-refractivity contribution >= 4 is 51.6 Å². The van der Waals surface area contributed by atoms with E-state index in [2.05, 4.69) is 10.3 Å². The molecule has 8 heteroatoms. The molecule has 1 aromatic carbocycles. The highest BCUT2D eigenvalue weighted by Gasteiger charge is 2.23. The lowest BCUT2D eigenvalue weighted by atomic mass is 10.2. The number of rotatable bonds is 4. The summed E-state index contributed by atoms with van der Waals surface area (Å²) < 4.78 is 0. The lowest BCUT2D eigenvalue weighted by molar-refractivity contribution is -0.130. The van der Waals surface area contributed by atoms with E-state index in [1.54, 1.807) is 12.1 Å². The fourth-order valence-electron chi connectivity index (χ4n) is 1.96. The zero-order valence-corrected chi connectivity index (χ0v) is 13.8. The summed E-state index contributed by atoms with van der Waals surface area (Å²) in [4.78, 5) is 29.3. The zero-order valence-electron chi connectivity index (χ0n) is 11.4. The van der Waals surface area contributed by atoms with E-state index in [1.807, 2.05) is 17.5 Å². The predicted molar refractivity (Wildman–Crippen MR) is 90.2 cm³/mol. The molecule has 114 valence electrons. The third-order valence-electron chi connectivity index (χ3n) is 3.05. The van der Waals surface area contributed by atoms with Gasteiger partial charge in [0.15, 0.2) is 5.13 Å². The highest BCUT2D eigenvalue weighted by molar-refractivity contribution is 8.00. The molecule has 0 spiro atoms. The molecule has 0 radical (unpaired) electrons. The lowest BCUT2D eigenvalue weighted by Gasteiger charge is -2.12. The summed E-state index contributed by atoms with van der Waals surface area (Å²) in [5.74, 6) is 0.791. The second-order valence-electron chi connectivity index (χ2n) is 4.66. The van der Waals surface area contributed by atoms with Crippen molar-refractivity contribution in [3.05, 3.63) is 34.7 Å². The van der Waals surface area contributed by atoms with E-state index in [-0.39, 0.29) is 18.4 Å². The Bertz CT molecular complexity index is 702. The Hall–Kier alpha value is -1.57. The number of aromatic nitrogens is 1. The maximum atomic E-state index is 11.9. The molecule has 1 saturated heterocycles. The number of hydrogen-bond acceptors (Lipinski definition) is 5. The monoisotopic (exact) mass is 353 g/mol. The van der Waals surface area contributed by atoms with Crippen LogP contribution in [0.2, 0.25) is 5.02 Å². The zero-order chi connectivity index (χ0) is 15.5. The molecule has 2 amide bonds. The molecule has 0 saturated carbocycles. The molecular formula is C14H12ClN3O2S2. The molecule has 1 aliphatic heterocycles. The minimum absolute atomic E-state index is 0.00106. The van der Waals surface area contributed by atoms with Crippen LogP contribution in [-0.2, 0) is 9.59 Å². The van der Waals surface area contributed by atoms with Crippen molar-refractivity contribution in [1.29, 1.82) is 0 Å². The van der Waals surface area contributed by atoms with Crippen molar-refractivity contribution < 1.29 is 9.59 Å². The van der Waals surface area contributed by atoms with E-state index < -0.39 is 0 Å². The largest absolute Gasteiger partial charge is 0.323 e. The summed E-state index contributed by atoms with van der Waals surface area (Å²) in [6.07, 6.45) is 0. The van der Waals surface area contributed by atoms with E-state index in [0.717, 1.165) is 11.3 Å². The van der Waals surface area contributed by atoms with Crippen LogP contribution in [0.25, 0.3) is 11.3 Å². The second kappa shape index (κ2) is 6.68. The average Bonchev–Trinajstić information content (AvgIpc) is 3.10. The van der Waals surface area contributed by atoms with E-state index >= 15 is 0 Å². The first kappa shape index (κ1) is 15.3. The maximum absolute atomic E-state index is 11.9. The quantitative estimate of drug-likeness (QED) is 0.918. The molecule has 1 aromatic heterocycles. The fourth-order valence-corrected chi connectivity index (χ4v) is 3.72. The Morgan fingerprint density at radius 2 is 2.14 bits per heavy atom. The molecule has 0 aliphatic carbocycles. The van der Waals surface area contributed by atoms with Crippen molar-refractivity contribution in [3.8, 4) is 11.3 Å². The van der Waals surface area contributed by atoms with Crippen LogP contribution < -0.4 is 5.32 Å². The molecule has 5 nitrogen and oxygen atoms in total. The number of hydrogen-bond donors (Lipinski definition) is 1. The third-order valence-corrected chi connectivity index (χ3v) is 5.01. The second-order valence-corrected chi connectivity index (χ2v) is 6.91. The number of nitrogens with zero attached hydrogens (tertiary/aromatic N) is 2. The van der Waals surface area contributed by atoms with Crippen LogP contribution in [0.15, 0.2) is 29.6 Å². The molecule has 1 fully saturated rings. The number of benzene rings is 1. The minimum atomic E-state index is -0.229. The first-order chi connectivity index (χ1) is 10.6. The van der Waals surface area contributed by atoms with Crippen LogP contribution in [-0.4, -0.2) is 39.9 Å². The van der Waals surface area contributed by atoms with Gasteiger partial charge in [0.25, 0.3) is 0 Å². The van der Waals surface area contributed by atoms with Crippen LogP contribution in [0.3, 0.4) is 0 Å². The van der Waals surface area contributed by atoms with Crippen LogP contribution in [0.5, 0.6) is 0 Å². The summed E-state index contributed by atoms with van der Waals surface area (Å²) in [7, 11) is 0. The van der Waals surface area contributed by atoms with E-state index in [4.69, 9.17) is 11.6 Å². The molecule has 0 bridgehead atoms. The normalized spacial score (nSPS) is 14.4. The average molecular weight is 354 g/mol. The highest BCUT2D eigenvalue weighted by Crippen LogP contribution is 2.26. The summed E-state index contributed by atoms with van der Waals surface area (Å²) >= 11 is 8.72. The Morgan fingerprint density at radius 1 is 1.36 bits per heavy atom. The number of carbonyl (C=O) groups excluding carboxylic acids is 2. The van der Waals surface area contributed by atoms with E-state index in [0.29, 0.717) is 21.8 Å². The Morgan fingerprint density at radius 3 is 2.82 bits per heavy atom. The predicted octanol–water partition coefficient (Wildman–Crippen LogP) is 2.93. The minimum Gasteiger partial charge on any atom is -0.323 e. The molecule has 2 aromatic rings. The van der Waals surface area contributed by atoms with Gasteiger partial charge in [-0.25, -0.2) is 4.98 Å². The number of amides is 2. The molecule has 0 atom stereocenters. The lowest BCUT2D eigenvalue weighted by Crippen LogP contribution is -2.34. The van der Waals surface area contributed by atoms with Gasteiger partial charge in [-0.05, 0) is 12.1 Å². The molecule has 22 heavy (non-hydrogen) atoms. The van der Waals surface area contributed by atoms with Gasteiger partial charge in [-0.1, -0.05) is 23.7 Å². The van der Waals surface area contributed by atoms with Crippen LogP contribution >= 0.6 is 34.7 Å². The molecule has 1 N–H and O–H groups in total.